The normalized spacial score (nSPS) is 12.1. The van der Waals surface area contributed by atoms with Crippen molar-refractivity contribution in [2.45, 2.75) is 24.3 Å². The van der Waals surface area contributed by atoms with Crippen LogP contribution in [-0.2, 0) is 0 Å². The number of hydrogen-bond acceptors (Lipinski definition) is 4. The molecule has 0 amide bonds. The van der Waals surface area contributed by atoms with Crippen molar-refractivity contribution in [2.24, 2.45) is 5.73 Å². The van der Waals surface area contributed by atoms with E-state index in [-0.39, 0.29) is 0 Å². The van der Waals surface area contributed by atoms with Gasteiger partial charge in [-0.2, -0.15) is 0 Å². The van der Waals surface area contributed by atoms with Crippen molar-refractivity contribution in [1.82, 2.24) is 0 Å². The standard InChI is InChI=1S/C15H18N2S3/c1-3-10(12-8-5-9-20-12)17-11-6-4-7-13(19-2)14(11)15(16)18/h4-10,17H,3H2,1-2H3,(H2,16,18). The van der Waals surface area contributed by atoms with Crippen molar-refractivity contribution in [1.29, 1.82) is 0 Å². The largest absolute Gasteiger partial charge is 0.389 e. The molecule has 2 nitrogen and oxygen atoms in total. The Hall–Kier alpha value is -1.04. The molecule has 1 aromatic heterocycles. The molecule has 0 bridgehead atoms. The van der Waals surface area contributed by atoms with Crippen LogP contribution in [0, 0.1) is 0 Å². The number of hydrogen-bond donors (Lipinski definition) is 2. The quantitative estimate of drug-likeness (QED) is 0.599. The van der Waals surface area contributed by atoms with Gasteiger partial charge in [0.15, 0.2) is 0 Å². The maximum absolute atomic E-state index is 5.91. The zero-order chi connectivity index (χ0) is 14.5. The van der Waals surface area contributed by atoms with Crippen LogP contribution < -0.4 is 11.1 Å². The topological polar surface area (TPSA) is 38.0 Å². The molecule has 2 aromatic rings. The lowest BCUT2D eigenvalue weighted by molar-refractivity contribution is 0.763. The molecule has 0 fully saturated rings. The molecular weight excluding hydrogens is 304 g/mol. The number of benzene rings is 1. The summed E-state index contributed by atoms with van der Waals surface area (Å²) in [6.07, 6.45) is 3.05. The first-order valence-electron chi connectivity index (χ1n) is 6.44. The van der Waals surface area contributed by atoms with E-state index in [1.165, 1.54) is 4.88 Å². The molecule has 0 aliphatic carbocycles. The Kier molecular flexibility index (Phi) is 5.46. The molecule has 0 aliphatic heterocycles. The van der Waals surface area contributed by atoms with Crippen LogP contribution in [0.15, 0.2) is 40.6 Å². The van der Waals surface area contributed by atoms with Crippen LogP contribution in [0.25, 0.3) is 0 Å². The number of thiocarbonyl (C=S) groups is 1. The third-order valence-corrected chi connectivity index (χ3v) is 5.09. The van der Waals surface area contributed by atoms with Gasteiger partial charge in [0.1, 0.15) is 4.99 Å². The molecule has 0 radical (unpaired) electrons. The summed E-state index contributed by atoms with van der Waals surface area (Å²) in [4.78, 5) is 2.89. The summed E-state index contributed by atoms with van der Waals surface area (Å²) in [5.41, 5.74) is 7.87. The predicted octanol–water partition coefficient (Wildman–Crippen LogP) is 4.67. The Morgan fingerprint density at radius 2 is 2.20 bits per heavy atom. The van der Waals surface area contributed by atoms with Gasteiger partial charge < -0.3 is 11.1 Å². The van der Waals surface area contributed by atoms with Crippen LogP contribution in [0.5, 0.6) is 0 Å². The van der Waals surface area contributed by atoms with Gasteiger partial charge >= 0.3 is 0 Å². The van der Waals surface area contributed by atoms with Gasteiger partial charge in [-0.15, -0.1) is 23.1 Å². The highest BCUT2D eigenvalue weighted by Gasteiger charge is 2.15. The summed E-state index contributed by atoms with van der Waals surface area (Å²) in [5.74, 6) is 0. The summed E-state index contributed by atoms with van der Waals surface area (Å²) in [6, 6.07) is 10.7. The number of anilines is 1. The number of nitrogens with two attached hydrogens (primary N) is 1. The fraction of sp³-hybridized carbons (Fsp3) is 0.267. The van der Waals surface area contributed by atoms with E-state index in [0.717, 1.165) is 22.6 Å². The lowest BCUT2D eigenvalue weighted by atomic mass is 10.1. The minimum absolute atomic E-state index is 0.292. The number of thiophene rings is 1. The Morgan fingerprint density at radius 1 is 1.40 bits per heavy atom. The van der Waals surface area contributed by atoms with Crippen LogP contribution in [0.1, 0.15) is 29.8 Å². The SMILES string of the molecule is CCC(Nc1cccc(SC)c1C(N)=S)c1cccs1. The Morgan fingerprint density at radius 3 is 2.75 bits per heavy atom. The molecule has 0 saturated carbocycles. The molecular formula is C15H18N2S3. The molecule has 1 heterocycles. The lowest BCUT2D eigenvalue weighted by Crippen LogP contribution is -2.16. The zero-order valence-corrected chi connectivity index (χ0v) is 14.0. The molecule has 5 heteroatoms. The van der Waals surface area contributed by atoms with E-state index in [9.17, 15) is 0 Å². The molecule has 0 spiro atoms. The number of rotatable bonds is 6. The molecule has 0 saturated heterocycles. The second-order valence-corrected chi connectivity index (χ2v) is 6.63. The summed E-state index contributed by atoms with van der Waals surface area (Å²) in [7, 11) is 0. The van der Waals surface area contributed by atoms with Crippen LogP contribution in [-0.4, -0.2) is 11.2 Å². The van der Waals surface area contributed by atoms with Gasteiger partial charge in [0.25, 0.3) is 0 Å². The molecule has 2 rings (SSSR count). The van der Waals surface area contributed by atoms with E-state index in [4.69, 9.17) is 18.0 Å². The van der Waals surface area contributed by atoms with Crippen molar-refractivity contribution in [3.05, 3.63) is 46.2 Å². The van der Waals surface area contributed by atoms with Crippen LogP contribution in [0.4, 0.5) is 5.69 Å². The van der Waals surface area contributed by atoms with Crippen molar-refractivity contribution in [2.75, 3.05) is 11.6 Å². The molecule has 1 atom stereocenters. The summed E-state index contributed by atoms with van der Waals surface area (Å²) < 4.78 is 0. The van der Waals surface area contributed by atoms with Crippen molar-refractivity contribution in [3.63, 3.8) is 0 Å². The highest BCUT2D eigenvalue weighted by atomic mass is 32.2. The van der Waals surface area contributed by atoms with E-state index in [1.54, 1.807) is 23.1 Å². The first kappa shape index (κ1) is 15.4. The number of thioether (sulfide) groups is 1. The first-order chi connectivity index (χ1) is 9.67. The zero-order valence-electron chi connectivity index (χ0n) is 11.6. The van der Waals surface area contributed by atoms with Gasteiger partial charge in [-0.25, -0.2) is 0 Å². The van der Waals surface area contributed by atoms with Gasteiger partial charge in [-0.3, -0.25) is 0 Å². The monoisotopic (exact) mass is 322 g/mol. The first-order valence-corrected chi connectivity index (χ1v) is 8.95. The van der Waals surface area contributed by atoms with E-state index in [1.807, 2.05) is 18.4 Å². The molecule has 1 unspecified atom stereocenters. The Balaban J connectivity index is 2.35. The average molecular weight is 323 g/mol. The second kappa shape index (κ2) is 7.11. The molecule has 20 heavy (non-hydrogen) atoms. The fourth-order valence-electron chi connectivity index (χ4n) is 2.13. The fourth-order valence-corrected chi connectivity index (χ4v) is 3.91. The van der Waals surface area contributed by atoms with Gasteiger partial charge in [0, 0.05) is 21.0 Å². The maximum Gasteiger partial charge on any atom is 0.107 e. The van der Waals surface area contributed by atoms with Gasteiger partial charge in [0.05, 0.1) is 6.04 Å². The predicted molar refractivity (Wildman–Crippen MR) is 95.1 cm³/mol. The van der Waals surface area contributed by atoms with Crippen molar-refractivity contribution in [3.8, 4) is 0 Å². The smallest absolute Gasteiger partial charge is 0.107 e. The van der Waals surface area contributed by atoms with E-state index >= 15 is 0 Å². The third kappa shape index (κ3) is 3.34. The third-order valence-electron chi connectivity index (χ3n) is 3.12. The van der Waals surface area contributed by atoms with E-state index < -0.39 is 0 Å². The highest BCUT2D eigenvalue weighted by molar-refractivity contribution is 7.98. The van der Waals surface area contributed by atoms with E-state index in [2.05, 4.69) is 35.8 Å². The minimum Gasteiger partial charge on any atom is -0.389 e. The van der Waals surface area contributed by atoms with Gasteiger partial charge in [-0.1, -0.05) is 31.3 Å². The number of nitrogens with one attached hydrogen (secondary N) is 1. The summed E-state index contributed by atoms with van der Waals surface area (Å²) >= 11 is 8.65. The highest BCUT2D eigenvalue weighted by Crippen LogP contribution is 2.32. The Labute approximate surface area is 133 Å². The van der Waals surface area contributed by atoms with Crippen molar-refractivity contribution < 1.29 is 0 Å². The molecule has 1 aromatic carbocycles. The van der Waals surface area contributed by atoms with Crippen molar-refractivity contribution >= 4 is 46.0 Å². The molecule has 0 aliphatic rings. The minimum atomic E-state index is 0.292. The van der Waals surface area contributed by atoms with Gasteiger partial charge in [-0.05, 0) is 36.3 Å². The molecule has 106 valence electrons. The maximum atomic E-state index is 5.91. The average Bonchev–Trinajstić information content (AvgIpc) is 2.97. The van der Waals surface area contributed by atoms with Gasteiger partial charge in [0.2, 0.25) is 0 Å². The second-order valence-electron chi connectivity index (χ2n) is 4.37. The summed E-state index contributed by atoms with van der Waals surface area (Å²) in [6.45, 7) is 2.18. The van der Waals surface area contributed by atoms with E-state index in [0.29, 0.717) is 11.0 Å². The lowest BCUT2D eigenvalue weighted by Gasteiger charge is -2.20. The van der Waals surface area contributed by atoms with Crippen LogP contribution in [0.2, 0.25) is 0 Å². The molecule has 3 N–H and O–H groups in total. The summed E-state index contributed by atoms with van der Waals surface area (Å²) in [5, 5.41) is 5.69. The van der Waals surface area contributed by atoms with Crippen LogP contribution >= 0.6 is 35.3 Å². The Bertz CT molecular complexity index is 579. The van der Waals surface area contributed by atoms with Crippen LogP contribution in [0.3, 0.4) is 0 Å².